The van der Waals surface area contributed by atoms with Crippen LogP contribution in [-0.4, -0.2) is 24.9 Å². The van der Waals surface area contributed by atoms with Gasteiger partial charge in [0.2, 0.25) is 11.8 Å². The lowest BCUT2D eigenvalue weighted by Crippen LogP contribution is -2.00. The lowest BCUT2D eigenvalue weighted by molar-refractivity contribution is -0.385. The number of rotatable bonds is 3. The van der Waals surface area contributed by atoms with Crippen LogP contribution in [0.1, 0.15) is 17.5 Å². The van der Waals surface area contributed by atoms with Crippen LogP contribution in [0.15, 0.2) is 10.6 Å². The van der Waals surface area contributed by atoms with Crippen molar-refractivity contribution in [2.45, 2.75) is 20.4 Å². The van der Waals surface area contributed by atoms with E-state index in [-0.39, 0.29) is 12.2 Å². The van der Waals surface area contributed by atoms with Crippen LogP contribution < -0.4 is 0 Å². The van der Waals surface area contributed by atoms with Crippen molar-refractivity contribution < 1.29 is 9.34 Å². The number of aromatic nitrogens is 4. The molecule has 8 nitrogen and oxygen atoms in total. The molecule has 0 atom stereocenters. The third-order valence-corrected chi connectivity index (χ3v) is 1.98. The second-order valence-electron chi connectivity index (χ2n) is 3.27. The van der Waals surface area contributed by atoms with Crippen LogP contribution in [0.2, 0.25) is 0 Å². The molecule has 8 heteroatoms. The Hall–Kier alpha value is -2.25. The van der Waals surface area contributed by atoms with Crippen LogP contribution in [0.5, 0.6) is 0 Å². The number of nitro groups is 1. The highest BCUT2D eigenvalue weighted by Crippen LogP contribution is 2.15. The summed E-state index contributed by atoms with van der Waals surface area (Å²) in [6, 6.07) is 0. The zero-order chi connectivity index (χ0) is 11.7. The van der Waals surface area contributed by atoms with Crippen molar-refractivity contribution in [3.8, 4) is 0 Å². The Morgan fingerprint density at radius 1 is 1.50 bits per heavy atom. The van der Waals surface area contributed by atoms with Gasteiger partial charge in [-0.1, -0.05) is 0 Å². The van der Waals surface area contributed by atoms with Crippen molar-refractivity contribution >= 4 is 5.69 Å². The molecule has 0 spiro atoms. The Morgan fingerprint density at radius 2 is 2.25 bits per heavy atom. The van der Waals surface area contributed by atoms with Crippen LogP contribution in [0, 0.1) is 24.0 Å². The molecule has 0 aliphatic rings. The summed E-state index contributed by atoms with van der Waals surface area (Å²) in [6.45, 7) is 3.48. The lowest BCUT2D eigenvalue weighted by atomic mass is 10.4. The maximum Gasteiger partial charge on any atom is 0.309 e. The highest BCUT2D eigenvalue weighted by atomic mass is 16.6. The highest BCUT2D eigenvalue weighted by Gasteiger charge is 2.16. The Bertz CT molecular complexity index is 530. The van der Waals surface area contributed by atoms with Crippen molar-refractivity contribution in [3.63, 3.8) is 0 Å². The molecular weight excluding hydrogens is 214 g/mol. The van der Waals surface area contributed by atoms with E-state index in [1.54, 1.807) is 13.8 Å². The highest BCUT2D eigenvalue weighted by molar-refractivity contribution is 5.31. The quantitative estimate of drug-likeness (QED) is 0.564. The standard InChI is InChI=1S/C8H9N5O3/c1-5-7(13(14)15)3-12(11-5)4-8-10-9-6(2)16-8/h3H,4H2,1-2H3. The van der Waals surface area contributed by atoms with Crippen LogP contribution in [-0.2, 0) is 6.54 Å². The van der Waals surface area contributed by atoms with Gasteiger partial charge in [-0.25, -0.2) is 0 Å². The molecule has 2 rings (SSSR count). The van der Waals surface area contributed by atoms with E-state index < -0.39 is 4.92 Å². The first kappa shape index (κ1) is 10.3. The average molecular weight is 223 g/mol. The molecule has 2 heterocycles. The van der Waals surface area contributed by atoms with E-state index >= 15 is 0 Å². The van der Waals surface area contributed by atoms with Gasteiger partial charge in [0.05, 0.1) is 4.92 Å². The second-order valence-corrected chi connectivity index (χ2v) is 3.27. The van der Waals surface area contributed by atoms with Crippen LogP contribution >= 0.6 is 0 Å². The van der Waals surface area contributed by atoms with E-state index in [2.05, 4.69) is 15.3 Å². The summed E-state index contributed by atoms with van der Waals surface area (Å²) in [5, 5.41) is 22.0. The lowest BCUT2D eigenvalue weighted by Gasteiger charge is -1.93. The van der Waals surface area contributed by atoms with E-state index in [4.69, 9.17) is 4.42 Å². The topological polar surface area (TPSA) is 99.9 Å². The third kappa shape index (κ3) is 1.90. The van der Waals surface area contributed by atoms with Gasteiger partial charge in [0, 0.05) is 6.92 Å². The van der Waals surface area contributed by atoms with E-state index in [1.807, 2.05) is 0 Å². The first-order valence-corrected chi connectivity index (χ1v) is 4.53. The van der Waals surface area contributed by atoms with E-state index in [9.17, 15) is 10.1 Å². The molecule has 84 valence electrons. The molecule has 0 N–H and O–H groups in total. The van der Waals surface area contributed by atoms with Crippen molar-refractivity contribution in [2.24, 2.45) is 0 Å². The Morgan fingerprint density at radius 3 is 2.75 bits per heavy atom. The van der Waals surface area contributed by atoms with Gasteiger partial charge in [0.25, 0.3) is 0 Å². The molecule has 0 unspecified atom stereocenters. The fourth-order valence-electron chi connectivity index (χ4n) is 1.31. The van der Waals surface area contributed by atoms with Gasteiger partial charge in [-0.2, -0.15) is 5.10 Å². The van der Waals surface area contributed by atoms with Crippen LogP contribution in [0.3, 0.4) is 0 Å². The normalized spacial score (nSPS) is 10.6. The zero-order valence-electron chi connectivity index (χ0n) is 8.75. The SMILES string of the molecule is Cc1nnc(Cn2cc([N+](=O)[O-])c(C)n2)o1. The van der Waals surface area contributed by atoms with Gasteiger partial charge >= 0.3 is 5.69 Å². The Kier molecular flexibility index (Phi) is 2.39. The molecule has 2 aromatic heterocycles. The summed E-state index contributed by atoms with van der Waals surface area (Å²) < 4.78 is 6.55. The molecule has 0 fully saturated rings. The third-order valence-electron chi connectivity index (χ3n) is 1.98. The summed E-state index contributed by atoms with van der Waals surface area (Å²) in [7, 11) is 0. The number of nitrogens with zero attached hydrogens (tertiary/aromatic N) is 5. The first-order chi connectivity index (χ1) is 7.56. The van der Waals surface area contributed by atoms with Gasteiger partial charge in [-0.15, -0.1) is 10.2 Å². The van der Waals surface area contributed by atoms with Crippen LogP contribution in [0.4, 0.5) is 5.69 Å². The van der Waals surface area contributed by atoms with Gasteiger partial charge in [0.1, 0.15) is 18.4 Å². The van der Waals surface area contributed by atoms with Gasteiger partial charge in [-0.05, 0) is 6.92 Å². The molecule has 0 aliphatic carbocycles. The largest absolute Gasteiger partial charge is 0.424 e. The van der Waals surface area contributed by atoms with E-state index in [1.165, 1.54) is 10.9 Å². The minimum Gasteiger partial charge on any atom is -0.424 e. The molecule has 0 saturated carbocycles. The first-order valence-electron chi connectivity index (χ1n) is 4.53. The number of hydrogen-bond donors (Lipinski definition) is 0. The predicted octanol–water partition coefficient (Wildman–Crippen LogP) is 0.839. The molecule has 0 amide bonds. The fourth-order valence-corrected chi connectivity index (χ4v) is 1.31. The molecule has 2 aromatic rings. The number of aryl methyl sites for hydroxylation is 2. The Balaban J connectivity index is 2.22. The average Bonchev–Trinajstić information content (AvgIpc) is 2.73. The minimum atomic E-state index is -0.474. The molecule has 0 aromatic carbocycles. The summed E-state index contributed by atoms with van der Waals surface area (Å²) >= 11 is 0. The summed E-state index contributed by atoms with van der Waals surface area (Å²) in [5.41, 5.74) is 0.345. The van der Waals surface area contributed by atoms with Crippen molar-refractivity contribution in [3.05, 3.63) is 33.8 Å². The monoisotopic (exact) mass is 223 g/mol. The molecule has 0 radical (unpaired) electrons. The smallest absolute Gasteiger partial charge is 0.309 e. The molecule has 0 aliphatic heterocycles. The van der Waals surface area contributed by atoms with Crippen molar-refractivity contribution in [2.75, 3.05) is 0 Å². The predicted molar refractivity (Wildman–Crippen MR) is 51.8 cm³/mol. The van der Waals surface area contributed by atoms with Gasteiger partial charge < -0.3 is 4.42 Å². The van der Waals surface area contributed by atoms with Crippen molar-refractivity contribution in [1.82, 2.24) is 20.0 Å². The summed E-state index contributed by atoms with van der Waals surface area (Å²) in [4.78, 5) is 10.1. The van der Waals surface area contributed by atoms with Crippen LogP contribution in [0.25, 0.3) is 0 Å². The Labute approximate surface area is 90.0 Å². The molecular formula is C8H9N5O3. The maximum atomic E-state index is 10.6. The van der Waals surface area contributed by atoms with Gasteiger partial charge in [0.15, 0.2) is 0 Å². The van der Waals surface area contributed by atoms with Crippen molar-refractivity contribution in [1.29, 1.82) is 0 Å². The van der Waals surface area contributed by atoms with Gasteiger partial charge in [-0.3, -0.25) is 14.8 Å². The molecule has 16 heavy (non-hydrogen) atoms. The number of hydrogen-bond acceptors (Lipinski definition) is 6. The second kappa shape index (κ2) is 3.72. The zero-order valence-corrected chi connectivity index (χ0v) is 8.75. The molecule has 0 saturated heterocycles. The molecule has 0 bridgehead atoms. The van der Waals surface area contributed by atoms with E-state index in [0.29, 0.717) is 17.5 Å². The fraction of sp³-hybridized carbons (Fsp3) is 0.375. The maximum absolute atomic E-state index is 10.6. The minimum absolute atomic E-state index is 0.0174. The van der Waals surface area contributed by atoms with E-state index in [0.717, 1.165) is 0 Å². The summed E-state index contributed by atoms with van der Waals surface area (Å²) in [6.07, 6.45) is 1.34. The summed E-state index contributed by atoms with van der Waals surface area (Å²) in [5.74, 6) is 0.822.